The van der Waals surface area contributed by atoms with Gasteiger partial charge in [0.05, 0.1) is 10.7 Å². The molecule has 154 valence electrons. The third-order valence-electron chi connectivity index (χ3n) is 4.30. The topological polar surface area (TPSA) is 92.6 Å². The van der Waals surface area contributed by atoms with Gasteiger partial charge in [-0.1, -0.05) is 40.2 Å². The van der Waals surface area contributed by atoms with Crippen LogP contribution in [0.5, 0.6) is 0 Å². The number of hydrogen-bond donors (Lipinski definition) is 1. The van der Waals surface area contributed by atoms with Crippen molar-refractivity contribution >= 4 is 45.2 Å². The van der Waals surface area contributed by atoms with Crippen molar-refractivity contribution in [3.63, 3.8) is 0 Å². The van der Waals surface area contributed by atoms with Gasteiger partial charge in [0.1, 0.15) is 6.04 Å². The van der Waals surface area contributed by atoms with Crippen LogP contribution in [0.15, 0.2) is 53.0 Å². The maximum absolute atomic E-state index is 12.9. The van der Waals surface area contributed by atoms with Crippen LogP contribution >= 0.6 is 27.7 Å². The number of nitrogens with zero attached hydrogens (tertiary/aromatic N) is 2. The van der Waals surface area contributed by atoms with Crippen LogP contribution in [0.4, 0.5) is 5.69 Å². The minimum absolute atomic E-state index is 0.0365. The second kappa shape index (κ2) is 11.0. The van der Waals surface area contributed by atoms with E-state index < -0.39 is 11.0 Å². The Kier molecular flexibility index (Phi) is 8.66. The van der Waals surface area contributed by atoms with Gasteiger partial charge < -0.3 is 10.2 Å². The van der Waals surface area contributed by atoms with Crippen LogP contribution in [0, 0.1) is 10.1 Å². The summed E-state index contributed by atoms with van der Waals surface area (Å²) in [6.07, 6.45) is 0. The Labute approximate surface area is 182 Å². The van der Waals surface area contributed by atoms with Crippen LogP contribution in [0.3, 0.4) is 0 Å². The molecule has 0 aliphatic heterocycles. The molecule has 0 fully saturated rings. The van der Waals surface area contributed by atoms with Gasteiger partial charge in [0.25, 0.3) is 5.69 Å². The van der Waals surface area contributed by atoms with Gasteiger partial charge >= 0.3 is 0 Å². The van der Waals surface area contributed by atoms with Gasteiger partial charge in [-0.25, -0.2) is 0 Å². The Balaban J connectivity index is 2.02. The number of carbonyl (C=O) groups excluding carboxylic acids is 2. The largest absolute Gasteiger partial charge is 0.357 e. The van der Waals surface area contributed by atoms with Crippen LogP contribution in [0.25, 0.3) is 0 Å². The fourth-order valence-corrected chi connectivity index (χ4v) is 3.99. The summed E-state index contributed by atoms with van der Waals surface area (Å²) in [7, 11) is 1.55. The molecule has 29 heavy (non-hydrogen) atoms. The number of likely N-dealkylation sites (N-methyl/N-ethyl adjacent to an activating group) is 1. The summed E-state index contributed by atoms with van der Waals surface area (Å²) in [4.78, 5) is 36.8. The molecule has 1 atom stereocenters. The molecule has 0 saturated heterocycles. The normalized spacial score (nSPS) is 11.6. The van der Waals surface area contributed by atoms with Crippen LogP contribution in [-0.4, -0.2) is 40.5 Å². The molecule has 2 rings (SSSR count). The minimum Gasteiger partial charge on any atom is -0.357 e. The van der Waals surface area contributed by atoms with Crippen LogP contribution in [0.2, 0.25) is 0 Å². The standard InChI is InChI=1S/C20H22BrN3O4S/c1-14(20(26)22-2)23(11-16-4-3-5-17(21)10-16)19(25)13-29-12-15-6-8-18(9-7-15)24(27)28/h3-10,14H,11-13H2,1-2H3,(H,22,26). The van der Waals surface area contributed by atoms with Crippen molar-refractivity contribution in [2.75, 3.05) is 12.8 Å². The quantitative estimate of drug-likeness (QED) is 0.436. The molecule has 9 heteroatoms. The average Bonchev–Trinajstić information content (AvgIpc) is 2.71. The lowest BCUT2D eigenvalue weighted by Gasteiger charge is -2.28. The first kappa shape index (κ1) is 22.9. The second-order valence-corrected chi connectivity index (χ2v) is 8.26. The summed E-state index contributed by atoms with van der Waals surface area (Å²) >= 11 is 4.83. The Morgan fingerprint density at radius 3 is 2.48 bits per heavy atom. The van der Waals surface area contributed by atoms with Crippen LogP contribution in [-0.2, 0) is 21.9 Å². The van der Waals surface area contributed by atoms with Crippen molar-refractivity contribution in [1.82, 2.24) is 10.2 Å². The molecular formula is C20H22BrN3O4S. The molecule has 2 aromatic carbocycles. The highest BCUT2D eigenvalue weighted by Crippen LogP contribution is 2.19. The molecule has 1 N–H and O–H groups in total. The van der Waals surface area contributed by atoms with Gasteiger partial charge in [0.2, 0.25) is 11.8 Å². The predicted octanol–water partition coefficient (Wildman–Crippen LogP) is 3.75. The summed E-state index contributed by atoms with van der Waals surface area (Å²) in [5.74, 6) is 0.372. The van der Waals surface area contributed by atoms with Gasteiger partial charge in [-0.05, 0) is 30.2 Å². The summed E-state index contributed by atoms with van der Waals surface area (Å²) in [5.41, 5.74) is 1.85. The predicted molar refractivity (Wildman–Crippen MR) is 117 cm³/mol. The molecule has 0 aliphatic rings. The molecule has 0 heterocycles. The molecule has 0 aliphatic carbocycles. The number of rotatable bonds is 9. The third kappa shape index (κ3) is 6.86. The first-order chi connectivity index (χ1) is 13.8. The number of nitro groups is 1. The lowest BCUT2D eigenvalue weighted by molar-refractivity contribution is -0.384. The molecule has 0 saturated carbocycles. The van der Waals surface area contributed by atoms with E-state index in [2.05, 4.69) is 21.2 Å². The van der Waals surface area contributed by atoms with E-state index in [1.165, 1.54) is 23.9 Å². The average molecular weight is 480 g/mol. The van der Waals surface area contributed by atoms with E-state index in [-0.39, 0.29) is 23.3 Å². The fraction of sp³-hybridized carbons (Fsp3) is 0.300. The maximum atomic E-state index is 12.9. The molecule has 0 radical (unpaired) electrons. The van der Waals surface area contributed by atoms with E-state index in [4.69, 9.17) is 0 Å². The zero-order valence-corrected chi connectivity index (χ0v) is 18.5. The lowest BCUT2D eigenvalue weighted by Crippen LogP contribution is -2.47. The van der Waals surface area contributed by atoms with E-state index in [1.807, 2.05) is 24.3 Å². The summed E-state index contributed by atoms with van der Waals surface area (Å²) < 4.78 is 0.905. The van der Waals surface area contributed by atoms with Gasteiger partial charge in [0, 0.05) is 36.0 Å². The number of benzene rings is 2. The Morgan fingerprint density at radius 1 is 1.21 bits per heavy atom. The van der Waals surface area contributed by atoms with Gasteiger partial charge in [-0.15, -0.1) is 11.8 Å². The molecule has 2 aromatic rings. The number of thioether (sulfide) groups is 1. The molecule has 7 nitrogen and oxygen atoms in total. The Morgan fingerprint density at radius 2 is 1.90 bits per heavy atom. The molecule has 2 amide bonds. The first-order valence-electron chi connectivity index (χ1n) is 8.88. The van der Waals surface area contributed by atoms with Crippen molar-refractivity contribution in [1.29, 1.82) is 0 Å². The van der Waals surface area contributed by atoms with Crippen molar-refractivity contribution < 1.29 is 14.5 Å². The van der Waals surface area contributed by atoms with E-state index in [1.54, 1.807) is 31.0 Å². The van der Waals surface area contributed by atoms with Crippen molar-refractivity contribution in [2.45, 2.75) is 25.3 Å². The number of nitro benzene ring substituents is 1. The third-order valence-corrected chi connectivity index (χ3v) is 5.78. The lowest BCUT2D eigenvalue weighted by atomic mass is 10.1. The molecule has 1 unspecified atom stereocenters. The molecule has 0 bridgehead atoms. The Hall–Kier alpha value is -2.39. The van der Waals surface area contributed by atoms with Gasteiger partial charge in [0.15, 0.2) is 0 Å². The number of non-ortho nitro benzene ring substituents is 1. The molecule has 0 spiro atoms. The minimum atomic E-state index is -0.605. The number of amides is 2. The first-order valence-corrected chi connectivity index (χ1v) is 10.8. The Bertz CT molecular complexity index is 876. The fourth-order valence-electron chi connectivity index (χ4n) is 2.68. The second-order valence-electron chi connectivity index (χ2n) is 6.36. The van der Waals surface area contributed by atoms with Crippen LogP contribution < -0.4 is 5.32 Å². The number of nitrogens with one attached hydrogen (secondary N) is 1. The van der Waals surface area contributed by atoms with Crippen molar-refractivity contribution in [2.24, 2.45) is 0 Å². The highest BCUT2D eigenvalue weighted by Gasteiger charge is 2.25. The summed E-state index contributed by atoms with van der Waals surface area (Å²) in [5, 5.41) is 13.3. The highest BCUT2D eigenvalue weighted by atomic mass is 79.9. The van der Waals surface area contributed by atoms with Crippen molar-refractivity contribution in [3.05, 3.63) is 74.2 Å². The maximum Gasteiger partial charge on any atom is 0.269 e. The van der Waals surface area contributed by atoms with E-state index in [0.717, 1.165) is 15.6 Å². The zero-order chi connectivity index (χ0) is 21.4. The summed E-state index contributed by atoms with van der Waals surface area (Å²) in [6.45, 7) is 2.03. The smallest absolute Gasteiger partial charge is 0.269 e. The highest BCUT2D eigenvalue weighted by molar-refractivity contribution is 9.10. The van der Waals surface area contributed by atoms with Gasteiger partial charge in [-0.3, -0.25) is 19.7 Å². The van der Waals surface area contributed by atoms with Gasteiger partial charge in [-0.2, -0.15) is 0 Å². The van der Waals surface area contributed by atoms with Crippen molar-refractivity contribution in [3.8, 4) is 0 Å². The molecule has 0 aromatic heterocycles. The van der Waals surface area contributed by atoms with E-state index in [9.17, 15) is 19.7 Å². The van der Waals surface area contributed by atoms with E-state index in [0.29, 0.717) is 12.3 Å². The summed E-state index contributed by atoms with van der Waals surface area (Å²) in [6, 6.07) is 13.3. The monoisotopic (exact) mass is 479 g/mol. The number of halogens is 1. The van der Waals surface area contributed by atoms with E-state index >= 15 is 0 Å². The SMILES string of the molecule is CNC(=O)C(C)N(Cc1cccc(Br)c1)C(=O)CSCc1ccc([N+](=O)[O-])cc1. The zero-order valence-electron chi connectivity index (χ0n) is 16.1. The number of hydrogen-bond acceptors (Lipinski definition) is 5. The molecular weight excluding hydrogens is 458 g/mol. The number of carbonyl (C=O) groups is 2. The van der Waals surface area contributed by atoms with Crippen LogP contribution in [0.1, 0.15) is 18.1 Å².